The Morgan fingerprint density at radius 2 is 0.507 bits per heavy atom. The fourth-order valence-electron chi connectivity index (χ4n) is 8.84. The minimum atomic E-state index is 0.813. The van der Waals surface area contributed by atoms with Crippen molar-refractivity contribution >= 4 is 68.2 Å². The van der Waals surface area contributed by atoms with Crippen molar-refractivity contribution in [1.82, 2.24) is 0 Å². The van der Waals surface area contributed by atoms with Gasteiger partial charge in [0.1, 0.15) is 0 Å². The maximum absolute atomic E-state index is 6.36. The molecule has 0 spiro atoms. The van der Waals surface area contributed by atoms with Crippen molar-refractivity contribution in [1.29, 1.82) is 0 Å². The molecule has 0 aliphatic heterocycles. The molecule has 14 N–H and O–H groups in total. The van der Waals surface area contributed by atoms with E-state index < -0.39 is 0 Å². The molecule has 6 aromatic carbocycles. The molecule has 0 aliphatic carbocycles. The van der Waals surface area contributed by atoms with E-state index in [0.29, 0.717) is 0 Å². The van der Waals surface area contributed by atoms with Crippen LogP contribution in [0.4, 0.5) is 68.2 Å². The molecule has 0 heterocycles. The fraction of sp³-hybridized carbons (Fsp3) is 0.368. The molecular formula is C57H80N12. The maximum Gasteiger partial charge on any atom is 0.0370 e. The van der Waals surface area contributed by atoms with Crippen LogP contribution in [0.5, 0.6) is 0 Å². The molecule has 0 aliphatic rings. The molecule has 0 atom stereocenters. The van der Waals surface area contributed by atoms with Crippen molar-refractivity contribution in [3.8, 4) is 0 Å². The topological polar surface area (TPSA) is 193 Å². The molecule has 368 valence electrons. The fourth-order valence-corrected chi connectivity index (χ4v) is 8.84. The minimum Gasteiger partial charge on any atom is -0.399 e. The van der Waals surface area contributed by atoms with E-state index in [-0.39, 0.29) is 0 Å². The van der Waals surface area contributed by atoms with E-state index in [1.807, 2.05) is 50.2 Å². The first-order chi connectivity index (χ1) is 33.1. The van der Waals surface area contributed by atoms with E-state index in [0.717, 1.165) is 176 Å². The Morgan fingerprint density at radius 1 is 0.290 bits per heavy atom. The van der Waals surface area contributed by atoms with Crippen molar-refractivity contribution in [3.63, 3.8) is 0 Å². The van der Waals surface area contributed by atoms with Gasteiger partial charge in [-0.3, -0.25) is 0 Å². The van der Waals surface area contributed by atoms with Crippen molar-refractivity contribution in [2.75, 3.05) is 130 Å². The van der Waals surface area contributed by atoms with Crippen LogP contribution in [0.1, 0.15) is 65.5 Å². The van der Waals surface area contributed by atoms with Gasteiger partial charge >= 0.3 is 0 Å². The van der Waals surface area contributed by atoms with Gasteiger partial charge in [-0.05, 0) is 216 Å². The van der Waals surface area contributed by atoms with E-state index in [2.05, 4.69) is 131 Å². The number of anilines is 12. The zero-order valence-corrected chi connectivity index (χ0v) is 42.3. The lowest BCUT2D eigenvalue weighted by molar-refractivity contribution is 0.638. The maximum atomic E-state index is 6.36. The highest BCUT2D eigenvalue weighted by Crippen LogP contribution is 2.27. The van der Waals surface area contributed by atoms with E-state index in [9.17, 15) is 0 Å². The normalized spacial score (nSPS) is 11.1. The highest BCUT2D eigenvalue weighted by molar-refractivity contribution is 5.62. The van der Waals surface area contributed by atoms with E-state index in [1.165, 1.54) is 22.7 Å². The van der Waals surface area contributed by atoms with Crippen LogP contribution in [0.25, 0.3) is 0 Å². The summed E-state index contributed by atoms with van der Waals surface area (Å²) < 4.78 is 0. The number of nitrogens with one attached hydrogen (secondary N) is 2. The van der Waals surface area contributed by atoms with Gasteiger partial charge in [0, 0.05) is 134 Å². The summed E-state index contributed by atoms with van der Waals surface area (Å²) in [5, 5.41) is 7.20. The highest BCUT2D eigenvalue weighted by Gasteiger charge is 2.16. The summed E-state index contributed by atoms with van der Waals surface area (Å²) in [6, 6.07) is 38.0. The lowest BCUT2D eigenvalue weighted by Gasteiger charge is -2.32. The predicted octanol–water partition coefficient (Wildman–Crippen LogP) is 10.5. The zero-order chi connectivity index (χ0) is 49.5. The van der Waals surface area contributed by atoms with Crippen LogP contribution in [0.15, 0.2) is 109 Å². The number of nitrogens with zero attached hydrogens (tertiary/aromatic N) is 4. The lowest BCUT2D eigenvalue weighted by Crippen LogP contribution is -2.35. The first kappa shape index (κ1) is 51.3. The van der Waals surface area contributed by atoms with Crippen LogP contribution in [0.3, 0.4) is 0 Å². The third-order valence-electron chi connectivity index (χ3n) is 13.4. The molecule has 0 radical (unpaired) electrons. The average molecular weight is 933 g/mol. The summed E-state index contributed by atoms with van der Waals surface area (Å²) >= 11 is 0. The Labute approximate surface area is 413 Å². The number of rotatable bonds is 26. The summed E-state index contributed by atoms with van der Waals surface area (Å²) in [7, 11) is 0. The van der Waals surface area contributed by atoms with Crippen molar-refractivity contribution in [2.45, 2.75) is 73.6 Å². The van der Waals surface area contributed by atoms with Gasteiger partial charge in [0.15, 0.2) is 0 Å². The molecular weight excluding hydrogens is 853 g/mol. The molecule has 69 heavy (non-hydrogen) atoms. The van der Waals surface area contributed by atoms with Crippen molar-refractivity contribution < 1.29 is 0 Å². The second kappa shape index (κ2) is 24.8. The van der Waals surface area contributed by atoms with Gasteiger partial charge in [0.25, 0.3) is 0 Å². The van der Waals surface area contributed by atoms with Crippen molar-refractivity contribution in [2.24, 2.45) is 0 Å². The van der Waals surface area contributed by atoms with Gasteiger partial charge in [-0.2, -0.15) is 0 Å². The predicted molar refractivity (Wildman–Crippen MR) is 302 cm³/mol. The quantitative estimate of drug-likeness (QED) is 0.0190. The summed E-state index contributed by atoms with van der Waals surface area (Å²) in [5.41, 5.74) is 55.9. The second-order valence-electron chi connectivity index (χ2n) is 18.9. The van der Waals surface area contributed by atoms with E-state index >= 15 is 0 Å². The second-order valence-corrected chi connectivity index (χ2v) is 18.9. The molecule has 0 bridgehead atoms. The molecule has 0 fully saturated rings. The first-order valence-corrected chi connectivity index (χ1v) is 24.8. The van der Waals surface area contributed by atoms with Gasteiger partial charge in [-0.25, -0.2) is 0 Å². The van der Waals surface area contributed by atoms with Gasteiger partial charge in [0.2, 0.25) is 0 Å². The Kier molecular flexibility index (Phi) is 18.4. The molecule has 0 aromatic heterocycles. The average Bonchev–Trinajstić information content (AvgIpc) is 3.32. The van der Waals surface area contributed by atoms with Crippen LogP contribution in [-0.4, -0.2) is 65.4 Å². The Bertz CT molecular complexity index is 2410. The standard InChI is InChI=1S/C57H80N12/c1-40-34-46(12-18-52(40)58)64-24-7-26-66(48-14-20-54(60)42(3)36-48)28-9-30-68(50-16-22-56(62)44(5)38-50)32-11-33-69(51-17-23-57(63)45(6)39-51)31-10-29-67(49-15-21-55(61)43(4)37-49)27-8-25-65-47-13-19-53(59)41(2)35-47/h12-23,34-39,64-65H,7-11,24-33,58-63H2,1-6H3. The number of benzene rings is 6. The largest absolute Gasteiger partial charge is 0.399 e. The number of aryl methyl sites for hydroxylation is 6. The van der Waals surface area contributed by atoms with Crippen LogP contribution >= 0.6 is 0 Å². The Balaban J connectivity index is 1.12. The van der Waals surface area contributed by atoms with Crippen LogP contribution in [-0.2, 0) is 0 Å². The number of hydrogen-bond acceptors (Lipinski definition) is 12. The molecule has 0 amide bonds. The van der Waals surface area contributed by atoms with E-state index in [4.69, 9.17) is 34.4 Å². The molecule has 12 heteroatoms. The number of hydrogen-bond donors (Lipinski definition) is 8. The summed E-state index contributed by atoms with van der Waals surface area (Å²) in [6.07, 6.45) is 4.89. The molecule has 0 saturated heterocycles. The van der Waals surface area contributed by atoms with Crippen LogP contribution in [0.2, 0.25) is 0 Å². The SMILES string of the molecule is Cc1cc(NCCCN(CCCN(CCCN(CCCN(CCCNc2ccc(N)c(C)c2)c2ccc(N)c(C)c2)c2ccc(N)c(C)c2)c2ccc(N)c(C)c2)c2ccc(N)c(C)c2)ccc1N. The molecule has 0 unspecified atom stereocenters. The van der Waals surface area contributed by atoms with E-state index in [1.54, 1.807) is 0 Å². The molecule has 6 aromatic rings. The summed E-state index contributed by atoms with van der Waals surface area (Å²) in [5.74, 6) is 0. The summed E-state index contributed by atoms with van der Waals surface area (Å²) in [6.45, 7) is 21.4. The Hall–Kier alpha value is -7.08. The number of nitrogen functional groups attached to an aromatic ring is 6. The molecule has 12 nitrogen and oxygen atoms in total. The molecule has 0 saturated carbocycles. The van der Waals surface area contributed by atoms with Gasteiger partial charge in [-0.15, -0.1) is 0 Å². The smallest absolute Gasteiger partial charge is 0.0370 e. The van der Waals surface area contributed by atoms with Crippen LogP contribution in [0, 0.1) is 41.5 Å². The van der Waals surface area contributed by atoms with Gasteiger partial charge in [0.05, 0.1) is 0 Å². The van der Waals surface area contributed by atoms with Gasteiger partial charge in [-0.1, -0.05) is 0 Å². The lowest BCUT2D eigenvalue weighted by atomic mass is 10.1. The zero-order valence-electron chi connectivity index (χ0n) is 42.3. The first-order valence-electron chi connectivity index (χ1n) is 24.8. The van der Waals surface area contributed by atoms with Gasteiger partial charge < -0.3 is 64.6 Å². The van der Waals surface area contributed by atoms with Crippen molar-refractivity contribution in [3.05, 3.63) is 143 Å². The third kappa shape index (κ3) is 15.0. The monoisotopic (exact) mass is 933 g/mol. The third-order valence-corrected chi connectivity index (χ3v) is 13.4. The minimum absolute atomic E-state index is 0.813. The molecule has 6 rings (SSSR count). The summed E-state index contributed by atoms with van der Waals surface area (Å²) in [4.78, 5) is 10.1. The van der Waals surface area contributed by atoms with Crippen LogP contribution < -0.4 is 64.6 Å². The Morgan fingerprint density at radius 3 is 0.739 bits per heavy atom. The highest BCUT2D eigenvalue weighted by atomic mass is 15.2. The number of nitrogens with two attached hydrogens (primary N) is 6.